The maximum Gasteiger partial charge on any atom is 0.0194 e. The number of hydrogen-bond donors (Lipinski definition) is 1. The van der Waals surface area contributed by atoms with Crippen molar-refractivity contribution < 1.29 is 0 Å². The fraction of sp³-hybridized carbons (Fsp3) is 1.00. The van der Waals surface area contributed by atoms with Crippen LogP contribution < -0.4 is 5.32 Å². The third-order valence-electron chi connectivity index (χ3n) is 3.02. The molecule has 76 valence electrons. The molecule has 0 aliphatic carbocycles. The molecule has 0 aromatic heterocycles. The highest BCUT2D eigenvalue weighted by Crippen LogP contribution is 2.30. The summed E-state index contributed by atoms with van der Waals surface area (Å²) in [5.41, 5.74) is 0. The lowest BCUT2D eigenvalue weighted by molar-refractivity contribution is 0.440. The Morgan fingerprint density at radius 3 is 2.62 bits per heavy atom. The van der Waals surface area contributed by atoms with E-state index in [4.69, 9.17) is 0 Å². The Kier molecular flexibility index (Phi) is 3.49. The molecule has 0 saturated carbocycles. The summed E-state index contributed by atoms with van der Waals surface area (Å²) in [4.78, 5) is 0. The maximum atomic E-state index is 3.82. The van der Waals surface area contributed by atoms with Crippen LogP contribution in [-0.2, 0) is 0 Å². The third-order valence-corrected chi connectivity index (χ3v) is 5.71. The minimum Gasteiger partial charge on any atom is -0.309 e. The van der Waals surface area contributed by atoms with Crippen LogP contribution in [0, 0.1) is 0 Å². The molecular weight excluding hydrogens is 198 g/mol. The van der Waals surface area contributed by atoms with Gasteiger partial charge in [0.1, 0.15) is 0 Å². The number of nitrogens with one attached hydrogen (secondary N) is 1. The first-order valence-corrected chi connectivity index (χ1v) is 7.34. The van der Waals surface area contributed by atoms with Gasteiger partial charge in [-0.05, 0) is 18.6 Å². The standard InChI is InChI=1S/C10H19NS2/c1-7-5-9(6-13-7)11-10-3-4-12-8(10)2/h7-11H,3-6H2,1-2H3. The first-order valence-electron chi connectivity index (χ1n) is 5.25. The van der Waals surface area contributed by atoms with Gasteiger partial charge in [0.05, 0.1) is 0 Å². The first-order chi connectivity index (χ1) is 6.25. The van der Waals surface area contributed by atoms with Crippen LogP contribution >= 0.6 is 23.5 Å². The molecule has 1 nitrogen and oxygen atoms in total. The van der Waals surface area contributed by atoms with Crippen molar-refractivity contribution in [3.05, 3.63) is 0 Å². The molecule has 4 unspecified atom stereocenters. The molecule has 2 fully saturated rings. The molecule has 0 aromatic carbocycles. The minimum absolute atomic E-state index is 0.792. The molecule has 0 aromatic rings. The van der Waals surface area contributed by atoms with E-state index in [-0.39, 0.29) is 0 Å². The van der Waals surface area contributed by atoms with Crippen molar-refractivity contribution in [2.75, 3.05) is 11.5 Å². The second-order valence-corrected chi connectivity index (χ2v) is 7.17. The van der Waals surface area contributed by atoms with Crippen LogP contribution in [0.5, 0.6) is 0 Å². The molecule has 0 bridgehead atoms. The quantitative estimate of drug-likeness (QED) is 0.762. The zero-order valence-corrected chi connectivity index (χ0v) is 10.1. The Balaban J connectivity index is 1.77. The van der Waals surface area contributed by atoms with E-state index in [9.17, 15) is 0 Å². The van der Waals surface area contributed by atoms with E-state index in [0.29, 0.717) is 0 Å². The monoisotopic (exact) mass is 217 g/mol. The van der Waals surface area contributed by atoms with Gasteiger partial charge in [0.25, 0.3) is 0 Å². The number of thioether (sulfide) groups is 2. The second-order valence-electron chi connectivity index (χ2n) is 4.21. The van der Waals surface area contributed by atoms with Gasteiger partial charge in [-0.15, -0.1) is 0 Å². The highest BCUT2D eigenvalue weighted by Gasteiger charge is 2.29. The summed E-state index contributed by atoms with van der Waals surface area (Å²) in [6.07, 6.45) is 2.75. The van der Waals surface area contributed by atoms with Crippen LogP contribution in [0.2, 0.25) is 0 Å². The average molecular weight is 217 g/mol. The topological polar surface area (TPSA) is 12.0 Å². The fourth-order valence-electron chi connectivity index (χ4n) is 2.19. The van der Waals surface area contributed by atoms with Crippen molar-refractivity contribution >= 4 is 23.5 Å². The Morgan fingerprint density at radius 2 is 2.08 bits per heavy atom. The zero-order chi connectivity index (χ0) is 9.26. The highest BCUT2D eigenvalue weighted by molar-refractivity contribution is 8.00. The van der Waals surface area contributed by atoms with E-state index in [1.54, 1.807) is 0 Å². The van der Waals surface area contributed by atoms with Crippen LogP contribution in [-0.4, -0.2) is 34.1 Å². The lowest BCUT2D eigenvalue weighted by Gasteiger charge is -2.21. The summed E-state index contributed by atoms with van der Waals surface area (Å²) in [7, 11) is 0. The summed E-state index contributed by atoms with van der Waals surface area (Å²) in [5.74, 6) is 2.68. The van der Waals surface area contributed by atoms with Gasteiger partial charge in [-0.1, -0.05) is 13.8 Å². The van der Waals surface area contributed by atoms with E-state index >= 15 is 0 Å². The molecule has 0 amide bonds. The molecule has 1 N–H and O–H groups in total. The van der Waals surface area contributed by atoms with Gasteiger partial charge in [0.15, 0.2) is 0 Å². The molecule has 2 heterocycles. The van der Waals surface area contributed by atoms with Gasteiger partial charge in [-0.2, -0.15) is 23.5 Å². The molecule has 2 saturated heterocycles. The summed E-state index contributed by atoms with van der Waals surface area (Å²) in [6, 6.07) is 1.59. The van der Waals surface area contributed by atoms with Gasteiger partial charge in [0.2, 0.25) is 0 Å². The van der Waals surface area contributed by atoms with E-state index in [1.807, 2.05) is 0 Å². The smallest absolute Gasteiger partial charge is 0.0194 e. The van der Waals surface area contributed by atoms with Crippen LogP contribution in [0.15, 0.2) is 0 Å². The predicted octanol–water partition coefficient (Wildman–Crippen LogP) is 2.36. The first kappa shape index (κ1) is 10.2. The summed E-state index contributed by atoms with van der Waals surface area (Å²) >= 11 is 4.24. The Morgan fingerprint density at radius 1 is 1.23 bits per heavy atom. The van der Waals surface area contributed by atoms with Crippen LogP contribution in [0.25, 0.3) is 0 Å². The summed E-state index contributed by atoms with van der Waals surface area (Å²) < 4.78 is 0. The number of hydrogen-bond acceptors (Lipinski definition) is 3. The molecule has 2 aliphatic heterocycles. The van der Waals surface area contributed by atoms with Crippen LogP contribution in [0.3, 0.4) is 0 Å². The predicted molar refractivity (Wildman–Crippen MR) is 63.8 cm³/mol. The molecule has 3 heteroatoms. The molecule has 4 atom stereocenters. The highest BCUT2D eigenvalue weighted by atomic mass is 32.2. The molecule has 2 rings (SSSR count). The molecular formula is C10H19NS2. The lowest BCUT2D eigenvalue weighted by atomic mass is 10.1. The molecule has 13 heavy (non-hydrogen) atoms. The van der Waals surface area contributed by atoms with Gasteiger partial charge in [-0.3, -0.25) is 0 Å². The Hall–Kier alpha value is 0.660. The van der Waals surface area contributed by atoms with Gasteiger partial charge >= 0.3 is 0 Å². The largest absolute Gasteiger partial charge is 0.309 e. The van der Waals surface area contributed by atoms with E-state index in [2.05, 4.69) is 42.7 Å². The van der Waals surface area contributed by atoms with E-state index in [0.717, 1.165) is 22.6 Å². The minimum atomic E-state index is 0.792. The van der Waals surface area contributed by atoms with Crippen molar-refractivity contribution in [3.8, 4) is 0 Å². The molecule has 0 spiro atoms. The summed E-state index contributed by atoms with van der Waals surface area (Å²) in [6.45, 7) is 4.71. The van der Waals surface area contributed by atoms with Crippen molar-refractivity contribution in [1.82, 2.24) is 5.32 Å². The van der Waals surface area contributed by atoms with Crippen molar-refractivity contribution in [2.45, 2.75) is 49.3 Å². The second kappa shape index (κ2) is 4.45. The normalized spacial score (nSPS) is 45.7. The number of rotatable bonds is 2. The van der Waals surface area contributed by atoms with Gasteiger partial charge in [0, 0.05) is 28.3 Å². The molecule has 2 aliphatic rings. The third kappa shape index (κ3) is 2.57. The van der Waals surface area contributed by atoms with Crippen LogP contribution in [0.1, 0.15) is 26.7 Å². The Bertz CT molecular complexity index is 174. The SMILES string of the molecule is CC1CC(NC2CCSC2C)CS1. The van der Waals surface area contributed by atoms with Gasteiger partial charge < -0.3 is 5.32 Å². The molecule has 0 radical (unpaired) electrons. The van der Waals surface area contributed by atoms with E-state index < -0.39 is 0 Å². The van der Waals surface area contributed by atoms with E-state index in [1.165, 1.54) is 24.3 Å². The zero-order valence-electron chi connectivity index (χ0n) is 8.45. The van der Waals surface area contributed by atoms with Crippen molar-refractivity contribution in [1.29, 1.82) is 0 Å². The fourth-order valence-corrected chi connectivity index (χ4v) is 4.56. The Labute approximate surface area is 89.8 Å². The average Bonchev–Trinajstić information content (AvgIpc) is 2.64. The maximum absolute atomic E-state index is 3.82. The van der Waals surface area contributed by atoms with Crippen molar-refractivity contribution in [3.63, 3.8) is 0 Å². The van der Waals surface area contributed by atoms with Gasteiger partial charge in [-0.25, -0.2) is 0 Å². The van der Waals surface area contributed by atoms with Crippen molar-refractivity contribution in [2.24, 2.45) is 0 Å². The lowest BCUT2D eigenvalue weighted by Crippen LogP contribution is -2.41. The van der Waals surface area contributed by atoms with Crippen LogP contribution in [0.4, 0.5) is 0 Å². The summed E-state index contributed by atoms with van der Waals surface area (Å²) in [5, 5.41) is 5.53.